The second-order valence-electron chi connectivity index (χ2n) is 10.8. The third-order valence-electron chi connectivity index (χ3n) is 8.09. The van der Waals surface area contributed by atoms with Crippen molar-refractivity contribution in [1.82, 2.24) is 15.0 Å². The maximum absolute atomic E-state index is 5.11. The van der Waals surface area contributed by atoms with Crippen LogP contribution in [0.4, 0.5) is 0 Å². The molecule has 0 aliphatic rings. The van der Waals surface area contributed by atoms with Gasteiger partial charge in [0, 0.05) is 38.4 Å². The molecule has 0 radical (unpaired) electrons. The zero-order valence-corrected chi connectivity index (χ0v) is 23.9. The van der Waals surface area contributed by atoms with Gasteiger partial charge in [0.2, 0.25) is 0 Å². The van der Waals surface area contributed by atoms with Gasteiger partial charge in [0.25, 0.3) is 0 Å². The van der Waals surface area contributed by atoms with Crippen LogP contribution in [0.2, 0.25) is 0 Å². The largest absolute Gasteiger partial charge is 0.247 e. The van der Waals surface area contributed by atoms with Gasteiger partial charge in [0.15, 0.2) is 5.82 Å². The normalized spacial score (nSPS) is 11.2. The van der Waals surface area contributed by atoms with Crippen LogP contribution in [-0.4, -0.2) is 15.0 Å². The molecule has 6 aromatic carbocycles. The summed E-state index contributed by atoms with van der Waals surface area (Å²) in [5, 5.41) is 3.51. The van der Waals surface area contributed by atoms with Gasteiger partial charge in [0.05, 0.1) is 22.6 Å². The Kier molecular flexibility index (Phi) is 6.47. The van der Waals surface area contributed by atoms with Gasteiger partial charge in [-0.1, -0.05) is 152 Å². The van der Waals surface area contributed by atoms with Crippen LogP contribution in [0.1, 0.15) is 0 Å². The van der Waals surface area contributed by atoms with Crippen LogP contribution in [0.3, 0.4) is 0 Å². The molecule has 0 unspecified atom stereocenters. The number of nitrogens with zero attached hydrogens (tertiary/aromatic N) is 3. The number of aromatic nitrogens is 3. The summed E-state index contributed by atoms with van der Waals surface area (Å²) >= 11 is 0. The standard InChI is InChI=1S/C41H27N3/c1-4-13-29(14-5-1)37-27-38(44-41(43-37)32-17-8-3-9-18-32)30-25-23-28(24-26-30)33-20-12-21-35-39(33)34-19-10-11-22-36(34)42-40(35)31-15-6-2-7-16-31/h1-27H. The highest BCUT2D eigenvalue weighted by Gasteiger charge is 2.15. The van der Waals surface area contributed by atoms with Crippen molar-refractivity contribution in [3.8, 4) is 56.3 Å². The number of fused-ring (bicyclic) bond motifs is 3. The predicted molar refractivity (Wildman–Crippen MR) is 182 cm³/mol. The van der Waals surface area contributed by atoms with E-state index in [9.17, 15) is 0 Å². The maximum atomic E-state index is 5.11. The first-order valence-electron chi connectivity index (χ1n) is 14.8. The fourth-order valence-corrected chi connectivity index (χ4v) is 5.95. The Hall–Kier alpha value is -5.93. The molecule has 206 valence electrons. The smallest absolute Gasteiger partial charge is 0.160 e. The summed E-state index contributed by atoms with van der Waals surface area (Å²) in [6, 6.07) is 56.7. The van der Waals surface area contributed by atoms with Crippen LogP contribution >= 0.6 is 0 Å². The summed E-state index contributed by atoms with van der Waals surface area (Å²) in [6.07, 6.45) is 0. The van der Waals surface area contributed by atoms with Crippen molar-refractivity contribution in [2.24, 2.45) is 0 Å². The molecule has 3 heteroatoms. The van der Waals surface area contributed by atoms with Crippen LogP contribution in [-0.2, 0) is 0 Å². The molecule has 8 rings (SSSR count). The highest BCUT2D eigenvalue weighted by molar-refractivity contribution is 6.17. The van der Waals surface area contributed by atoms with Crippen molar-refractivity contribution in [1.29, 1.82) is 0 Å². The van der Waals surface area contributed by atoms with Crippen molar-refractivity contribution in [2.75, 3.05) is 0 Å². The number of hydrogen-bond donors (Lipinski definition) is 0. The lowest BCUT2D eigenvalue weighted by molar-refractivity contribution is 1.18. The molecule has 2 aromatic heterocycles. The molecule has 0 fully saturated rings. The third-order valence-corrected chi connectivity index (χ3v) is 8.09. The highest BCUT2D eigenvalue weighted by Crippen LogP contribution is 2.39. The van der Waals surface area contributed by atoms with Crippen molar-refractivity contribution < 1.29 is 0 Å². The number of para-hydroxylation sites is 1. The lowest BCUT2D eigenvalue weighted by Gasteiger charge is -2.14. The van der Waals surface area contributed by atoms with E-state index in [1.54, 1.807) is 0 Å². The molecular weight excluding hydrogens is 534 g/mol. The SMILES string of the molecule is c1ccc(-c2cc(-c3ccc(-c4cccc5c(-c6ccccc6)nc6ccccc6c45)cc3)nc(-c3ccccc3)n2)cc1. The molecule has 0 spiro atoms. The van der Waals surface area contributed by atoms with Crippen molar-refractivity contribution in [2.45, 2.75) is 0 Å². The molecule has 0 saturated carbocycles. The summed E-state index contributed by atoms with van der Waals surface area (Å²) in [7, 11) is 0. The minimum Gasteiger partial charge on any atom is -0.247 e. The molecule has 0 N–H and O–H groups in total. The monoisotopic (exact) mass is 561 g/mol. The molecule has 2 heterocycles. The number of hydrogen-bond acceptors (Lipinski definition) is 3. The molecule has 8 aromatic rings. The van der Waals surface area contributed by atoms with Gasteiger partial charge in [-0.15, -0.1) is 0 Å². The summed E-state index contributed by atoms with van der Waals surface area (Å²) in [6.45, 7) is 0. The molecule has 0 saturated heterocycles. The number of pyridine rings is 1. The van der Waals surface area contributed by atoms with Crippen LogP contribution < -0.4 is 0 Å². The van der Waals surface area contributed by atoms with Crippen molar-refractivity contribution >= 4 is 21.7 Å². The minimum absolute atomic E-state index is 0.715. The molecule has 3 nitrogen and oxygen atoms in total. The summed E-state index contributed by atoms with van der Waals surface area (Å²) in [4.78, 5) is 15.1. The summed E-state index contributed by atoms with van der Waals surface area (Å²) < 4.78 is 0. The first kappa shape index (κ1) is 25.8. The zero-order valence-electron chi connectivity index (χ0n) is 23.9. The van der Waals surface area contributed by atoms with E-state index in [1.807, 2.05) is 42.5 Å². The van der Waals surface area contributed by atoms with E-state index >= 15 is 0 Å². The Morgan fingerprint density at radius 2 is 0.864 bits per heavy atom. The average Bonchev–Trinajstić information content (AvgIpc) is 3.12. The van der Waals surface area contributed by atoms with E-state index in [4.69, 9.17) is 15.0 Å². The second-order valence-corrected chi connectivity index (χ2v) is 10.8. The van der Waals surface area contributed by atoms with Crippen LogP contribution in [0.15, 0.2) is 164 Å². The number of rotatable bonds is 5. The van der Waals surface area contributed by atoms with Gasteiger partial charge in [-0.2, -0.15) is 0 Å². The second kappa shape index (κ2) is 11.0. The molecule has 0 atom stereocenters. The van der Waals surface area contributed by atoms with Crippen molar-refractivity contribution in [3.63, 3.8) is 0 Å². The molecule has 0 aliphatic heterocycles. The number of benzene rings is 6. The first-order chi connectivity index (χ1) is 21.8. The van der Waals surface area contributed by atoms with E-state index in [2.05, 4.69) is 121 Å². The average molecular weight is 562 g/mol. The topological polar surface area (TPSA) is 38.7 Å². The van der Waals surface area contributed by atoms with E-state index in [-0.39, 0.29) is 0 Å². The quantitative estimate of drug-likeness (QED) is 0.196. The maximum Gasteiger partial charge on any atom is 0.160 e. The van der Waals surface area contributed by atoms with Gasteiger partial charge in [0.1, 0.15) is 0 Å². The molecule has 0 bridgehead atoms. The molecule has 0 amide bonds. The zero-order chi connectivity index (χ0) is 29.3. The lowest BCUT2D eigenvalue weighted by Crippen LogP contribution is -1.96. The molecule has 44 heavy (non-hydrogen) atoms. The molecule has 0 aliphatic carbocycles. The fraction of sp³-hybridized carbons (Fsp3) is 0. The lowest BCUT2D eigenvalue weighted by atomic mass is 9.92. The van der Waals surface area contributed by atoms with E-state index in [0.29, 0.717) is 5.82 Å². The summed E-state index contributed by atoms with van der Waals surface area (Å²) in [5.74, 6) is 0.715. The van der Waals surface area contributed by atoms with Crippen LogP contribution in [0.25, 0.3) is 78.0 Å². The van der Waals surface area contributed by atoms with Crippen LogP contribution in [0, 0.1) is 0 Å². The van der Waals surface area contributed by atoms with Gasteiger partial charge in [-0.25, -0.2) is 15.0 Å². The van der Waals surface area contributed by atoms with E-state index in [1.165, 1.54) is 10.9 Å². The minimum atomic E-state index is 0.715. The predicted octanol–water partition coefficient (Wildman–Crippen LogP) is 10.5. The van der Waals surface area contributed by atoms with Gasteiger partial charge >= 0.3 is 0 Å². The fourth-order valence-electron chi connectivity index (χ4n) is 5.95. The van der Waals surface area contributed by atoms with Gasteiger partial charge in [-0.3, -0.25) is 0 Å². The van der Waals surface area contributed by atoms with Crippen LogP contribution in [0.5, 0.6) is 0 Å². The molecular formula is C41H27N3. The Labute approximate surface area is 256 Å². The first-order valence-corrected chi connectivity index (χ1v) is 14.8. The Morgan fingerprint density at radius 1 is 0.341 bits per heavy atom. The third kappa shape index (κ3) is 4.71. The Morgan fingerprint density at radius 3 is 1.55 bits per heavy atom. The highest BCUT2D eigenvalue weighted by atomic mass is 14.9. The Balaban J connectivity index is 1.27. The van der Waals surface area contributed by atoms with E-state index in [0.717, 1.165) is 61.2 Å². The summed E-state index contributed by atoms with van der Waals surface area (Å²) in [5.41, 5.74) is 10.3. The Bertz CT molecular complexity index is 2190. The van der Waals surface area contributed by atoms with Crippen molar-refractivity contribution in [3.05, 3.63) is 164 Å². The van der Waals surface area contributed by atoms with Gasteiger partial charge in [-0.05, 0) is 23.3 Å². The van der Waals surface area contributed by atoms with Gasteiger partial charge < -0.3 is 0 Å². The van der Waals surface area contributed by atoms with E-state index < -0.39 is 0 Å².